The SMILES string of the molecule is CC(C)C(O)(C(=O)NNc1ccc2ccccc2n1)C(C)C. The van der Waals surface area contributed by atoms with Crippen LogP contribution in [0.2, 0.25) is 0 Å². The first-order valence-electron chi connectivity index (χ1n) is 7.50. The lowest BCUT2D eigenvalue weighted by Gasteiger charge is -2.34. The number of pyridine rings is 1. The number of carbonyl (C=O) groups is 1. The second kappa shape index (κ2) is 6.32. The molecule has 1 aromatic carbocycles. The molecule has 22 heavy (non-hydrogen) atoms. The van der Waals surface area contributed by atoms with Gasteiger partial charge in [0.05, 0.1) is 5.52 Å². The van der Waals surface area contributed by atoms with E-state index in [1.165, 1.54) is 0 Å². The number of hydrogen-bond donors (Lipinski definition) is 3. The Morgan fingerprint density at radius 2 is 1.73 bits per heavy atom. The van der Waals surface area contributed by atoms with Crippen molar-refractivity contribution in [2.75, 3.05) is 5.43 Å². The van der Waals surface area contributed by atoms with E-state index >= 15 is 0 Å². The van der Waals surface area contributed by atoms with Crippen LogP contribution >= 0.6 is 0 Å². The van der Waals surface area contributed by atoms with Crippen LogP contribution in [-0.2, 0) is 4.79 Å². The van der Waals surface area contributed by atoms with Gasteiger partial charge in [0, 0.05) is 5.39 Å². The molecule has 0 aliphatic rings. The number of aliphatic hydroxyl groups is 1. The molecule has 2 aromatic rings. The second-order valence-corrected chi connectivity index (χ2v) is 6.10. The predicted molar refractivity (Wildman–Crippen MR) is 88.1 cm³/mol. The van der Waals surface area contributed by atoms with Crippen molar-refractivity contribution in [2.45, 2.75) is 33.3 Å². The van der Waals surface area contributed by atoms with Gasteiger partial charge in [-0.2, -0.15) is 0 Å². The van der Waals surface area contributed by atoms with Crippen LogP contribution in [-0.4, -0.2) is 21.6 Å². The van der Waals surface area contributed by atoms with Crippen LogP contribution in [0.1, 0.15) is 27.7 Å². The molecule has 0 saturated carbocycles. The highest BCUT2D eigenvalue weighted by Gasteiger charge is 2.42. The number of carbonyl (C=O) groups excluding carboxylic acids is 1. The maximum atomic E-state index is 12.3. The van der Waals surface area contributed by atoms with Crippen LogP contribution in [0.4, 0.5) is 5.82 Å². The van der Waals surface area contributed by atoms with Crippen molar-refractivity contribution in [3.05, 3.63) is 36.4 Å². The van der Waals surface area contributed by atoms with Gasteiger partial charge < -0.3 is 5.11 Å². The van der Waals surface area contributed by atoms with E-state index in [1.54, 1.807) is 6.07 Å². The molecule has 5 heteroatoms. The summed E-state index contributed by atoms with van der Waals surface area (Å²) < 4.78 is 0. The number of hydrazine groups is 1. The van der Waals surface area contributed by atoms with E-state index in [-0.39, 0.29) is 11.8 Å². The van der Waals surface area contributed by atoms with E-state index < -0.39 is 11.5 Å². The van der Waals surface area contributed by atoms with Crippen LogP contribution < -0.4 is 10.9 Å². The molecule has 0 radical (unpaired) electrons. The molecule has 1 heterocycles. The highest BCUT2D eigenvalue weighted by Crippen LogP contribution is 2.26. The first kappa shape index (κ1) is 16.2. The number of hydrogen-bond acceptors (Lipinski definition) is 4. The lowest BCUT2D eigenvalue weighted by Crippen LogP contribution is -2.55. The predicted octanol–water partition coefficient (Wildman–Crippen LogP) is 2.72. The summed E-state index contributed by atoms with van der Waals surface area (Å²) in [4.78, 5) is 16.7. The Kier molecular flexibility index (Phi) is 4.66. The van der Waals surface area contributed by atoms with Crippen molar-refractivity contribution < 1.29 is 9.90 Å². The third kappa shape index (κ3) is 3.04. The number of anilines is 1. The Hall–Kier alpha value is -2.14. The van der Waals surface area contributed by atoms with Gasteiger partial charge in [-0.05, 0) is 30.0 Å². The first-order chi connectivity index (χ1) is 10.4. The molecule has 0 saturated heterocycles. The summed E-state index contributed by atoms with van der Waals surface area (Å²) in [7, 11) is 0. The maximum Gasteiger partial charge on any atom is 0.270 e. The van der Waals surface area contributed by atoms with E-state index in [9.17, 15) is 9.90 Å². The number of amides is 1. The van der Waals surface area contributed by atoms with E-state index in [2.05, 4.69) is 15.8 Å². The third-order valence-electron chi connectivity index (χ3n) is 4.03. The molecule has 2 rings (SSSR count). The minimum absolute atomic E-state index is 0.195. The quantitative estimate of drug-likeness (QED) is 0.742. The Morgan fingerprint density at radius 3 is 2.36 bits per heavy atom. The molecule has 118 valence electrons. The molecule has 0 aliphatic heterocycles. The van der Waals surface area contributed by atoms with E-state index in [4.69, 9.17) is 0 Å². The molecule has 0 spiro atoms. The molecular formula is C17H23N3O2. The number of nitrogens with zero attached hydrogens (tertiary/aromatic N) is 1. The van der Waals surface area contributed by atoms with Gasteiger partial charge in [0.2, 0.25) is 0 Å². The molecule has 1 amide bonds. The monoisotopic (exact) mass is 301 g/mol. The van der Waals surface area contributed by atoms with Crippen LogP contribution in [0, 0.1) is 11.8 Å². The second-order valence-electron chi connectivity index (χ2n) is 6.10. The van der Waals surface area contributed by atoms with E-state index in [0.29, 0.717) is 5.82 Å². The number of benzene rings is 1. The standard InChI is InChI=1S/C17H23N3O2/c1-11(2)17(22,12(3)4)16(21)20-19-15-10-9-13-7-5-6-8-14(13)18-15/h5-12,22H,1-4H3,(H,18,19)(H,20,21). The van der Waals surface area contributed by atoms with Crippen LogP contribution in [0.15, 0.2) is 36.4 Å². The molecule has 3 N–H and O–H groups in total. The first-order valence-corrected chi connectivity index (χ1v) is 7.50. The van der Waals surface area contributed by atoms with Gasteiger partial charge in [0.15, 0.2) is 0 Å². The van der Waals surface area contributed by atoms with E-state index in [1.807, 2.05) is 58.0 Å². The summed E-state index contributed by atoms with van der Waals surface area (Å²) in [5.74, 6) is -0.313. The van der Waals surface area contributed by atoms with Gasteiger partial charge in [-0.15, -0.1) is 0 Å². The van der Waals surface area contributed by atoms with Crippen molar-refractivity contribution >= 4 is 22.6 Å². The zero-order valence-corrected chi connectivity index (χ0v) is 13.4. The average molecular weight is 301 g/mol. The fraction of sp³-hybridized carbons (Fsp3) is 0.412. The van der Waals surface area contributed by atoms with Crippen LogP contribution in [0.5, 0.6) is 0 Å². The highest BCUT2D eigenvalue weighted by molar-refractivity contribution is 5.86. The third-order valence-corrected chi connectivity index (χ3v) is 4.03. The average Bonchev–Trinajstić information content (AvgIpc) is 2.51. The Labute approximate surface area is 130 Å². The summed E-state index contributed by atoms with van der Waals surface area (Å²) in [6.45, 7) is 7.31. The Bertz CT molecular complexity index is 660. The largest absolute Gasteiger partial charge is 0.379 e. The molecule has 0 fully saturated rings. The Balaban J connectivity index is 2.12. The van der Waals surface area contributed by atoms with Crippen molar-refractivity contribution in [2.24, 2.45) is 11.8 Å². The van der Waals surface area contributed by atoms with Gasteiger partial charge in [-0.1, -0.05) is 45.9 Å². The fourth-order valence-corrected chi connectivity index (χ4v) is 2.55. The number of rotatable bonds is 5. The van der Waals surface area contributed by atoms with Gasteiger partial charge in [-0.3, -0.25) is 15.6 Å². The summed E-state index contributed by atoms with van der Waals surface area (Å²) in [6, 6.07) is 11.4. The molecule has 5 nitrogen and oxygen atoms in total. The summed E-state index contributed by atoms with van der Waals surface area (Å²) in [5, 5.41) is 11.6. The van der Waals surface area contributed by atoms with Gasteiger partial charge >= 0.3 is 0 Å². The number of nitrogens with one attached hydrogen (secondary N) is 2. The maximum absolute atomic E-state index is 12.3. The topological polar surface area (TPSA) is 74.2 Å². The lowest BCUT2D eigenvalue weighted by molar-refractivity contribution is -0.150. The molecule has 0 aliphatic carbocycles. The van der Waals surface area contributed by atoms with Crippen molar-refractivity contribution in [3.8, 4) is 0 Å². The van der Waals surface area contributed by atoms with E-state index in [0.717, 1.165) is 10.9 Å². The zero-order chi connectivity index (χ0) is 16.3. The molecule has 0 atom stereocenters. The van der Waals surface area contributed by atoms with Gasteiger partial charge in [0.25, 0.3) is 5.91 Å². The van der Waals surface area contributed by atoms with Crippen LogP contribution in [0.3, 0.4) is 0 Å². The summed E-state index contributed by atoms with van der Waals surface area (Å²) in [6.07, 6.45) is 0. The Morgan fingerprint density at radius 1 is 1.09 bits per heavy atom. The smallest absolute Gasteiger partial charge is 0.270 e. The minimum Gasteiger partial charge on any atom is -0.379 e. The number of para-hydroxylation sites is 1. The molecule has 0 bridgehead atoms. The normalized spacial score (nSPS) is 12.0. The highest BCUT2D eigenvalue weighted by atomic mass is 16.3. The zero-order valence-electron chi connectivity index (χ0n) is 13.4. The van der Waals surface area contributed by atoms with Crippen molar-refractivity contribution in [1.82, 2.24) is 10.4 Å². The number of aromatic nitrogens is 1. The molecular weight excluding hydrogens is 278 g/mol. The van der Waals surface area contributed by atoms with Crippen LogP contribution in [0.25, 0.3) is 10.9 Å². The minimum atomic E-state index is -1.43. The van der Waals surface area contributed by atoms with Gasteiger partial charge in [0.1, 0.15) is 11.4 Å². The molecule has 0 unspecified atom stereocenters. The van der Waals surface area contributed by atoms with Gasteiger partial charge in [-0.25, -0.2) is 4.98 Å². The molecule has 1 aromatic heterocycles. The number of fused-ring (bicyclic) bond motifs is 1. The van der Waals surface area contributed by atoms with Crippen molar-refractivity contribution in [3.63, 3.8) is 0 Å². The summed E-state index contributed by atoms with van der Waals surface area (Å²) in [5.41, 5.74) is 4.76. The van der Waals surface area contributed by atoms with Crippen molar-refractivity contribution in [1.29, 1.82) is 0 Å². The summed E-state index contributed by atoms with van der Waals surface area (Å²) >= 11 is 0. The fourth-order valence-electron chi connectivity index (χ4n) is 2.55. The lowest BCUT2D eigenvalue weighted by atomic mass is 9.80.